The maximum absolute atomic E-state index is 5.05. The average Bonchev–Trinajstić information content (AvgIpc) is 2.83. The first-order valence-electron chi connectivity index (χ1n) is 6.62. The van der Waals surface area contributed by atoms with Gasteiger partial charge in [-0.15, -0.1) is 0 Å². The Morgan fingerprint density at radius 1 is 1.32 bits per heavy atom. The third-order valence-electron chi connectivity index (χ3n) is 3.03. The Bertz CT molecular complexity index is 507. The Labute approximate surface area is 118 Å². The van der Waals surface area contributed by atoms with Crippen LogP contribution in [0.25, 0.3) is 0 Å². The Hall–Kier alpha value is -1.42. The Morgan fingerprint density at radius 3 is 2.63 bits per heavy atom. The average molecular weight is 276 g/mol. The summed E-state index contributed by atoms with van der Waals surface area (Å²) < 4.78 is 5.05. The lowest BCUT2D eigenvalue weighted by molar-refractivity contribution is 0.383. The first-order valence-corrected chi connectivity index (χ1v) is 7.44. The van der Waals surface area contributed by atoms with E-state index in [1.54, 1.807) is 11.8 Å². The van der Waals surface area contributed by atoms with Crippen LogP contribution < -0.4 is 5.32 Å². The maximum Gasteiger partial charge on any atom is 0.144 e. The van der Waals surface area contributed by atoms with Gasteiger partial charge in [-0.1, -0.05) is 37.2 Å². The quantitative estimate of drug-likeness (QED) is 0.837. The van der Waals surface area contributed by atoms with Crippen molar-refractivity contribution in [1.82, 2.24) is 5.16 Å². The molecule has 0 saturated heterocycles. The van der Waals surface area contributed by atoms with Crippen LogP contribution in [0.1, 0.15) is 26.0 Å². The topological polar surface area (TPSA) is 38.1 Å². The number of aryl methyl sites for hydroxylation is 1. The third-order valence-corrected chi connectivity index (χ3v) is 3.94. The molecular weight excluding hydrogens is 256 g/mol. The van der Waals surface area contributed by atoms with E-state index in [1.807, 2.05) is 13.0 Å². The number of nitrogens with one attached hydrogen (secondary N) is 1. The molecule has 19 heavy (non-hydrogen) atoms. The van der Waals surface area contributed by atoms with Gasteiger partial charge in [-0.3, -0.25) is 0 Å². The van der Waals surface area contributed by atoms with Crippen LogP contribution in [0.4, 0.5) is 5.69 Å². The number of benzene rings is 1. The molecular formula is C15H20N2OS. The number of anilines is 1. The molecule has 0 fully saturated rings. The minimum absolute atomic E-state index is 0.701. The van der Waals surface area contributed by atoms with Gasteiger partial charge in [0.15, 0.2) is 0 Å². The molecule has 3 nitrogen and oxygen atoms in total. The zero-order valence-electron chi connectivity index (χ0n) is 11.6. The summed E-state index contributed by atoms with van der Waals surface area (Å²) in [6.07, 6.45) is 1.20. The van der Waals surface area contributed by atoms with Gasteiger partial charge in [-0.2, -0.15) is 0 Å². The summed E-state index contributed by atoms with van der Waals surface area (Å²) in [5, 5.41) is 8.32. The minimum Gasteiger partial charge on any atom is -0.385 e. The van der Waals surface area contributed by atoms with Crippen LogP contribution >= 0.6 is 11.8 Å². The SMILES string of the molecule is CCC(C)CNc1ccc(Sc2cc(C)on2)cc1. The molecule has 0 saturated carbocycles. The lowest BCUT2D eigenvalue weighted by Crippen LogP contribution is -2.09. The largest absolute Gasteiger partial charge is 0.385 e. The third kappa shape index (κ3) is 4.31. The highest BCUT2D eigenvalue weighted by molar-refractivity contribution is 7.99. The van der Waals surface area contributed by atoms with Gasteiger partial charge >= 0.3 is 0 Å². The molecule has 0 aliphatic carbocycles. The van der Waals surface area contributed by atoms with Crippen LogP contribution in [-0.2, 0) is 0 Å². The highest BCUT2D eigenvalue weighted by Gasteiger charge is 2.03. The van der Waals surface area contributed by atoms with Crippen LogP contribution in [0.3, 0.4) is 0 Å². The molecule has 1 N–H and O–H groups in total. The van der Waals surface area contributed by atoms with Crippen LogP contribution in [0.2, 0.25) is 0 Å². The second kappa shape index (κ2) is 6.66. The maximum atomic E-state index is 5.05. The number of aromatic nitrogens is 1. The van der Waals surface area contributed by atoms with Gasteiger partial charge in [0.2, 0.25) is 0 Å². The van der Waals surface area contributed by atoms with Crippen molar-refractivity contribution in [2.45, 2.75) is 37.1 Å². The zero-order chi connectivity index (χ0) is 13.7. The monoisotopic (exact) mass is 276 g/mol. The zero-order valence-corrected chi connectivity index (χ0v) is 12.5. The summed E-state index contributed by atoms with van der Waals surface area (Å²) in [5.74, 6) is 1.54. The Morgan fingerprint density at radius 2 is 2.05 bits per heavy atom. The highest BCUT2D eigenvalue weighted by Crippen LogP contribution is 2.27. The Balaban J connectivity index is 1.91. The summed E-state index contributed by atoms with van der Waals surface area (Å²) in [4.78, 5) is 1.17. The van der Waals surface area contributed by atoms with Crippen molar-refractivity contribution in [3.8, 4) is 0 Å². The summed E-state index contributed by atoms with van der Waals surface area (Å²) in [5.41, 5.74) is 1.17. The van der Waals surface area contributed by atoms with Gasteiger partial charge in [0.25, 0.3) is 0 Å². The molecule has 1 aromatic carbocycles. The van der Waals surface area contributed by atoms with E-state index in [1.165, 1.54) is 17.0 Å². The fraction of sp³-hybridized carbons (Fsp3) is 0.400. The number of rotatable bonds is 6. The molecule has 4 heteroatoms. The second-order valence-electron chi connectivity index (χ2n) is 4.80. The molecule has 1 heterocycles. The fourth-order valence-corrected chi connectivity index (χ4v) is 2.40. The highest BCUT2D eigenvalue weighted by atomic mass is 32.2. The van der Waals surface area contributed by atoms with Crippen molar-refractivity contribution in [2.75, 3.05) is 11.9 Å². The van der Waals surface area contributed by atoms with Gasteiger partial charge in [-0.25, -0.2) is 0 Å². The lowest BCUT2D eigenvalue weighted by atomic mass is 10.1. The van der Waals surface area contributed by atoms with Crippen molar-refractivity contribution in [1.29, 1.82) is 0 Å². The van der Waals surface area contributed by atoms with E-state index in [4.69, 9.17) is 4.52 Å². The predicted octanol–water partition coefficient (Wildman–Crippen LogP) is 4.59. The fourth-order valence-electron chi connectivity index (χ4n) is 1.59. The van der Waals surface area contributed by atoms with E-state index < -0.39 is 0 Å². The second-order valence-corrected chi connectivity index (χ2v) is 5.89. The van der Waals surface area contributed by atoms with Gasteiger partial charge in [0, 0.05) is 23.2 Å². The molecule has 0 aliphatic heterocycles. The first-order chi connectivity index (χ1) is 9.17. The lowest BCUT2D eigenvalue weighted by Gasteiger charge is -2.11. The van der Waals surface area contributed by atoms with Gasteiger partial charge in [0.05, 0.1) is 0 Å². The van der Waals surface area contributed by atoms with Crippen molar-refractivity contribution in [3.05, 3.63) is 36.1 Å². The standard InChI is InChI=1S/C15H20N2OS/c1-4-11(2)10-16-13-5-7-14(8-6-13)19-15-9-12(3)18-17-15/h5-9,11,16H,4,10H2,1-3H3. The summed E-state index contributed by atoms with van der Waals surface area (Å²) in [6.45, 7) is 7.39. The molecule has 0 aliphatic rings. The van der Waals surface area contributed by atoms with Crippen LogP contribution in [0, 0.1) is 12.8 Å². The van der Waals surface area contributed by atoms with Gasteiger partial charge in [-0.05, 0) is 37.1 Å². The van der Waals surface area contributed by atoms with Gasteiger partial charge < -0.3 is 9.84 Å². The molecule has 1 unspecified atom stereocenters. The molecule has 1 aromatic heterocycles. The Kier molecular flexibility index (Phi) is 4.91. The van der Waals surface area contributed by atoms with E-state index >= 15 is 0 Å². The molecule has 0 amide bonds. The predicted molar refractivity (Wildman–Crippen MR) is 79.7 cm³/mol. The number of hydrogen-bond acceptors (Lipinski definition) is 4. The van der Waals surface area contributed by atoms with Crippen LogP contribution in [0.5, 0.6) is 0 Å². The molecule has 102 valence electrons. The van der Waals surface area contributed by atoms with Crippen LogP contribution in [0.15, 0.2) is 44.8 Å². The summed E-state index contributed by atoms with van der Waals surface area (Å²) in [6, 6.07) is 10.4. The van der Waals surface area contributed by atoms with E-state index in [9.17, 15) is 0 Å². The van der Waals surface area contributed by atoms with Crippen LogP contribution in [-0.4, -0.2) is 11.7 Å². The first kappa shape index (κ1) is 14.0. The van der Waals surface area contributed by atoms with E-state index in [2.05, 4.69) is 48.6 Å². The smallest absolute Gasteiger partial charge is 0.144 e. The minimum atomic E-state index is 0.701. The summed E-state index contributed by atoms with van der Waals surface area (Å²) >= 11 is 1.61. The molecule has 2 rings (SSSR count). The van der Waals surface area contributed by atoms with E-state index in [0.29, 0.717) is 5.92 Å². The molecule has 0 bridgehead atoms. The number of hydrogen-bond donors (Lipinski definition) is 1. The van der Waals surface area contributed by atoms with E-state index in [-0.39, 0.29) is 0 Å². The molecule has 0 radical (unpaired) electrons. The summed E-state index contributed by atoms with van der Waals surface area (Å²) in [7, 11) is 0. The van der Waals surface area contributed by atoms with E-state index in [0.717, 1.165) is 17.3 Å². The van der Waals surface area contributed by atoms with Crippen molar-refractivity contribution in [3.63, 3.8) is 0 Å². The normalized spacial score (nSPS) is 12.4. The number of nitrogens with zero attached hydrogens (tertiary/aromatic N) is 1. The van der Waals surface area contributed by atoms with Crippen molar-refractivity contribution in [2.24, 2.45) is 5.92 Å². The van der Waals surface area contributed by atoms with Gasteiger partial charge in [0.1, 0.15) is 10.8 Å². The molecule has 1 atom stereocenters. The van der Waals surface area contributed by atoms with Crippen molar-refractivity contribution >= 4 is 17.4 Å². The molecule has 2 aromatic rings. The molecule has 0 spiro atoms. The van der Waals surface area contributed by atoms with Crippen molar-refractivity contribution < 1.29 is 4.52 Å².